The molecule has 3 aromatic rings. The molecule has 4 nitrogen and oxygen atoms in total. The molecule has 19 heavy (non-hydrogen) atoms. The number of fused-ring (bicyclic) bond motifs is 1. The van der Waals surface area contributed by atoms with Crippen LogP contribution in [0.15, 0.2) is 54.9 Å². The van der Waals surface area contributed by atoms with Gasteiger partial charge in [0.1, 0.15) is 5.75 Å². The first-order chi connectivity index (χ1) is 9.36. The molecule has 1 heterocycles. The summed E-state index contributed by atoms with van der Waals surface area (Å²) in [5, 5.41) is 2.18. The molecule has 0 aliphatic carbocycles. The van der Waals surface area contributed by atoms with E-state index in [1.165, 1.54) is 0 Å². The smallest absolute Gasteiger partial charge is 0.237 e. The maximum Gasteiger partial charge on any atom is 0.237 e. The van der Waals surface area contributed by atoms with Crippen LogP contribution < -0.4 is 10.5 Å². The first-order valence-corrected chi connectivity index (χ1v) is 6.03. The van der Waals surface area contributed by atoms with Gasteiger partial charge in [-0.1, -0.05) is 36.4 Å². The summed E-state index contributed by atoms with van der Waals surface area (Å²) >= 11 is 0. The standard InChI is InChI=1S/C15H13N3O/c16-8-12-9-18-15(10-17-12)19-14-7-3-5-11-4-1-2-6-13(11)14/h1-7,9-10H,8,16H2. The number of nitrogens with zero attached hydrogens (tertiary/aromatic N) is 2. The highest BCUT2D eigenvalue weighted by Gasteiger charge is 2.04. The Kier molecular flexibility index (Phi) is 3.08. The summed E-state index contributed by atoms with van der Waals surface area (Å²) < 4.78 is 5.78. The number of benzene rings is 2. The molecule has 0 saturated heterocycles. The Labute approximate surface area is 110 Å². The Morgan fingerprint density at radius 1 is 0.947 bits per heavy atom. The molecule has 0 unspecified atom stereocenters. The Balaban J connectivity index is 1.96. The number of aromatic nitrogens is 2. The van der Waals surface area contributed by atoms with Crippen LogP contribution in [0.3, 0.4) is 0 Å². The number of ether oxygens (including phenoxy) is 1. The van der Waals surface area contributed by atoms with Crippen LogP contribution in [0.25, 0.3) is 10.8 Å². The summed E-state index contributed by atoms with van der Waals surface area (Å²) in [7, 11) is 0. The minimum absolute atomic E-state index is 0.377. The van der Waals surface area contributed by atoms with E-state index in [2.05, 4.69) is 9.97 Å². The van der Waals surface area contributed by atoms with Gasteiger partial charge in [-0.2, -0.15) is 0 Å². The van der Waals surface area contributed by atoms with Gasteiger partial charge in [-0.3, -0.25) is 4.98 Å². The molecule has 2 N–H and O–H groups in total. The zero-order valence-electron chi connectivity index (χ0n) is 10.3. The topological polar surface area (TPSA) is 61.0 Å². The van der Waals surface area contributed by atoms with Crippen molar-refractivity contribution < 1.29 is 4.74 Å². The van der Waals surface area contributed by atoms with Gasteiger partial charge in [-0.05, 0) is 11.5 Å². The first-order valence-electron chi connectivity index (χ1n) is 6.03. The van der Waals surface area contributed by atoms with Gasteiger partial charge < -0.3 is 10.5 Å². The first kappa shape index (κ1) is 11.6. The molecule has 0 saturated carbocycles. The quantitative estimate of drug-likeness (QED) is 0.777. The summed E-state index contributed by atoms with van der Waals surface area (Å²) in [4.78, 5) is 8.35. The number of nitrogens with two attached hydrogens (primary N) is 1. The van der Waals surface area contributed by atoms with E-state index in [9.17, 15) is 0 Å². The van der Waals surface area contributed by atoms with E-state index in [1.54, 1.807) is 12.4 Å². The van der Waals surface area contributed by atoms with Crippen molar-refractivity contribution in [1.82, 2.24) is 9.97 Å². The van der Waals surface area contributed by atoms with E-state index < -0.39 is 0 Å². The van der Waals surface area contributed by atoms with Gasteiger partial charge in [0.15, 0.2) is 0 Å². The highest BCUT2D eigenvalue weighted by Crippen LogP contribution is 2.28. The lowest BCUT2D eigenvalue weighted by Crippen LogP contribution is -2.00. The zero-order valence-corrected chi connectivity index (χ0v) is 10.3. The predicted molar refractivity (Wildman–Crippen MR) is 73.9 cm³/mol. The molecule has 0 radical (unpaired) electrons. The van der Waals surface area contributed by atoms with Crippen molar-refractivity contribution >= 4 is 10.8 Å². The van der Waals surface area contributed by atoms with Gasteiger partial charge >= 0.3 is 0 Å². The third-order valence-electron chi connectivity index (χ3n) is 2.85. The van der Waals surface area contributed by atoms with Crippen molar-refractivity contribution in [1.29, 1.82) is 0 Å². The predicted octanol–water partition coefficient (Wildman–Crippen LogP) is 2.88. The van der Waals surface area contributed by atoms with Gasteiger partial charge in [0, 0.05) is 11.9 Å². The second kappa shape index (κ2) is 5.04. The summed E-state index contributed by atoms with van der Waals surface area (Å²) in [6.07, 6.45) is 3.21. The van der Waals surface area contributed by atoms with E-state index in [1.807, 2.05) is 42.5 Å². The Bertz CT molecular complexity index is 690. The van der Waals surface area contributed by atoms with Crippen molar-refractivity contribution in [3.63, 3.8) is 0 Å². The normalized spacial score (nSPS) is 10.6. The molecule has 2 aromatic carbocycles. The average molecular weight is 251 g/mol. The lowest BCUT2D eigenvalue weighted by atomic mass is 10.1. The summed E-state index contributed by atoms with van der Waals surface area (Å²) in [6.45, 7) is 0.377. The van der Waals surface area contributed by atoms with Crippen LogP contribution in [0.1, 0.15) is 5.69 Å². The van der Waals surface area contributed by atoms with Gasteiger partial charge in [0.05, 0.1) is 18.1 Å². The van der Waals surface area contributed by atoms with Crippen LogP contribution in [0.2, 0.25) is 0 Å². The molecule has 3 rings (SSSR count). The Hall–Kier alpha value is -2.46. The van der Waals surface area contributed by atoms with Crippen molar-refractivity contribution in [2.45, 2.75) is 6.54 Å². The van der Waals surface area contributed by atoms with Crippen LogP contribution in [0, 0.1) is 0 Å². The fraction of sp³-hybridized carbons (Fsp3) is 0.0667. The van der Waals surface area contributed by atoms with Crippen LogP contribution in [-0.2, 0) is 6.54 Å². The van der Waals surface area contributed by atoms with E-state index in [4.69, 9.17) is 10.5 Å². The van der Waals surface area contributed by atoms with Crippen LogP contribution >= 0.6 is 0 Å². The lowest BCUT2D eigenvalue weighted by Gasteiger charge is -2.07. The molecule has 0 amide bonds. The molecule has 4 heteroatoms. The second-order valence-electron chi connectivity index (χ2n) is 4.13. The molecular formula is C15H13N3O. The van der Waals surface area contributed by atoms with Crippen molar-refractivity contribution in [3.8, 4) is 11.6 Å². The highest BCUT2D eigenvalue weighted by molar-refractivity contribution is 5.88. The molecule has 0 spiro atoms. The van der Waals surface area contributed by atoms with Crippen LogP contribution in [-0.4, -0.2) is 9.97 Å². The van der Waals surface area contributed by atoms with Crippen molar-refractivity contribution in [3.05, 3.63) is 60.6 Å². The monoisotopic (exact) mass is 251 g/mol. The molecule has 0 fully saturated rings. The third-order valence-corrected chi connectivity index (χ3v) is 2.85. The molecule has 0 bridgehead atoms. The number of hydrogen-bond acceptors (Lipinski definition) is 4. The average Bonchev–Trinajstić information content (AvgIpc) is 2.48. The van der Waals surface area contributed by atoms with Crippen LogP contribution in [0.4, 0.5) is 0 Å². The van der Waals surface area contributed by atoms with Gasteiger partial charge in [0.25, 0.3) is 0 Å². The van der Waals surface area contributed by atoms with Gasteiger partial charge in [-0.25, -0.2) is 4.98 Å². The minimum atomic E-state index is 0.377. The van der Waals surface area contributed by atoms with Crippen molar-refractivity contribution in [2.75, 3.05) is 0 Å². The van der Waals surface area contributed by atoms with Crippen LogP contribution in [0.5, 0.6) is 11.6 Å². The summed E-state index contributed by atoms with van der Waals surface area (Å²) in [6, 6.07) is 14.0. The SMILES string of the molecule is NCc1cnc(Oc2cccc3ccccc23)cn1. The molecule has 94 valence electrons. The summed E-state index contributed by atoms with van der Waals surface area (Å²) in [5.41, 5.74) is 6.22. The van der Waals surface area contributed by atoms with E-state index in [-0.39, 0.29) is 0 Å². The molecule has 0 atom stereocenters. The molecular weight excluding hydrogens is 238 g/mol. The second-order valence-corrected chi connectivity index (χ2v) is 4.13. The number of rotatable bonds is 3. The van der Waals surface area contributed by atoms with Crippen molar-refractivity contribution in [2.24, 2.45) is 5.73 Å². The molecule has 0 aliphatic heterocycles. The fourth-order valence-electron chi connectivity index (χ4n) is 1.90. The van der Waals surface area contributed by atoms with Gasteiger partial charge in [0.2, 0.25) is 5.88 Å². The molecule has 0 aliphatic rings. The van der Waals surface area contributed by atoms with E-state index >= 15 is 0 Å². The highest BCUT2D eigenvalue weighted by atomic mass is 16.5. The third kappa shape index (κ3) is 2.39. The molecule has 1 aromatic heterocycles. The fourth-order valence-corrected chi connectivity index (χ4v) is 1.90. The Morgan fingerprint density at radius 3 is 2.58 bits per heavy atom. The summed E-state index contributed by atoms with van der Waals surface area (Å²) in [5.74, 6) is 1.24. The lowest BCUT2D eigenvalue weighted by molar-refractivity contribution is 0.464. The van der Waals surface area contributed by atoms with Gasteiger partial charge in [-0.15, -0.1) is 0 Å². The largest absolute Gasteiger partial charge is 0.437 e. The maximum atomic E-state index is 5.78. The Morgan fingerprint density at radius 2 is 1.79 bits per heavy atom. The van der Waals surface area contributed by atoms with E-state index in [0.717, 1.165) is 22.2 Å². The minimum Gasteiger partial charge on any atom is -0.437 e. The zero-order chi connectivity index (χ0) is 13.1. The van der Waals surface area contributed by atoms with E-state index in [0.29, 0.717) is 12.4 Å². The maximum absolute atomic E-state index is 5.78. The number of hydrogen-bond donors (Lipinski definition) is 1.